The van der Waals surface area contributed by atoms with Gasteiger partial charge in [-0.15, -0.1) is 0 Å². The first-order valence-corrected chi connectivity index (χ1v) is 7.22. The van der Waals surface area contributed by atoms with Gasteiger partial charge in [0.15, 0.2) is 0 Å². The lowest BCUT2D eigenvalue weighted by molar-refractivity contribution is -0.145. The summed E-state index contributed by atoms with van der Waals surface area (Å²) in [6.07, 6.45) is 1.52. The first kappa shape index (κ1) is 15.6. The molecule has 6 heteroatoms. The van der Waals surface area contributed by atoms with E-state index in [9.17, 15) is 9.59 Å². The van der Waals surface area contributed by atoms with Crippen LogP contribution in [0.4, 0.5) is 0 Å². The number of carbonyl (C=O) groups is 2. The Hall–Kier alpha value is -1.75. The molecule has 5 nitrogen and oxygen atoms in total. The van der Waals surface area contributed by atoms with Gasteiger partial charge in [0.05, 0.1) is 19.4 Å². The summed E-state index contributed by atoms with van der Waals surface area (Å²) in [6, 6.07) is 5.18. The van der Waals surface area contributed by atoms with Crippen LogP contribution in [-0.4, -0.2) is 42.1 Å². The van der Waals surface area contributed by atoms with Crippen molar-refractivity contribution >= 4 is 23.5 Å². The fraction of sp³-hybridized carbons (Fsp3) is 0.467. The summed E-state index contributed by atoms with van der Waals surface area (Å²) in [5.74, 6) is -0.753. The predicted molar refractivity (Wildman–Crippen MR) is 78.6 cm³/mol. The van der Waals surface area contributed by atoms with E-state index in [4.69, 9.17) is 21.4 Å². The number of carbonyl (C=O) groups excluding carboxylic acids is 1. The molecule has 2 rings (SSSR count). The van der Waals surface area contributed by atoms with E-state index in [1.54, 1.807) is 30.2 Å². The van der Waals surface area contributed by atoms with Crippen LogP contribution in [0.25, 0.3) is 0 Å². The van der Waals surface area contributed by atoms with Gasteiger partial charge in [0, 0.05) is 18.1 Å². The van der Waals surface area contributed by atoms with Crippen LogP contribution in [0.2, 0.25) is 5.02 Å². The number of carboxylic acids is 1. The standard InChI is InChI=1S/C15H18ClNO4/c1-21-12-5-4-10(13(16)8-12)7-14(18)17-6-2-3-11(9-17)15(19)20/h4-5,8,11H,2-3,6-7,9H2,1H3,(H,19,20). The number of rotatable bonds is 4. The minimum Gasteiger partial charge on any atom is -0.497 e. The average Bonchev–Trinajstić information content (AvgIpc) is 2.49. The maximum atomic E-state index is 12.3. The minimum atomic E-state index is -0.838. The van der Waals surface area contributed by atoms with Crippen molar-refractivity contribution in [3.8, 4) is 5.75 Å². The Bertz CT molecular complexity index is 546. The summed E-state index contributed by atoms with van der Waals surface area (Å²) in [5, 5.41) is 9.54. The molecule has 1 aliphatic heterocycles. The van der Waals surface area contributed by atoms with Gasteiger partial charge in [-0.25, -0.2) is 0 Å². The van der Waals surface area contributed by atoms with Crippen molar-refractivity contribution < 1.29 is 19.4 Å². The van der Waals surface area contributed by atoms with Gasteiger partial charge in [0.25, 0.3) is 0 Å². The molecular weight excluding hydrogens is 294 g/mol. The highest BCUT2D eigenvalue weighted by molar-refractivity contribution is 6.31. The van der Waals surface area contributed by atoms with E-state index >= 15 is 0 Å². The zero-order valence-corrected chi connectivity index (χ0v) is 12.6. The summed E-state index contributed by atoms with van der Waals surface area (Å²) in [6.45, 7) is 0.887. The van der Waals surface area contributed by atoms with Crippen LogP contribution in [0.1, 0.15) is 18.4 Å². The number of halogens is 1. The molecule has 0 radical (unpaired) electrons. The van der Waals surface area contributed by atoms with E-state index in [1.807, 2.05) is 0 Å². The molecule has 1 aliphatic rings. The molecule has 1 unspecified atom stereocenters. The van der Waals surface area contributed by atoms with Gasteiger partial charge in [0.2, 0.25) is 5.91 Å². The maximum Gasteiger partial charge on any atom is 0.308 e. The van der Waals surface area contributed by atoms with Gasteiger partial charge >= 0.3 is 5.97 Å². The highest BCUT2D eigenvalue weighted by Crippen LogP contribution is 2.24. The van der Waals surface area contributed by atoms with Gasteiger partial charge in [-0.2, -0.15) is 0 Å². The second-order valence-electron chi connectivity index (χ2n) is 5.15. The molecule has 1 aromatic carbocycles. The van der Waals surface area contributed by atoms with Crippen LogP contribution in [0.5, 0.6) is 5.75 Å². The summed E-state index contributed by atoms with van der Waals surface area (Å²) in [5.41, 5.74) is 0.722. The summed E-state index contributed by atoms with van der Waals surface area (Å²) in [4.78, 5) is 24.9. The van der Waals surface area contributed by atoms with Gasteiger partial charge < -0.3 is 14.7 Å². The zero-order chi connectivity index (χ0) is 15.4. The first-order chi connectivity index (χ1) is 10.0. The Morgan fingerprint density at radius 3 is 2.86 bits per heavy atom. The number of likely N-dealkylation sites (tertiary alicyclic amines) is 1. The van der Waals surface area contributed by atoms with Crippen LogP contribution in [0, 0.1) is 5.92 Å². The highest BCUT2D eigenvalue weighted by atomic mass is 35.5. The molecule has 1 fully saturated rings. The van der Waals surface area contributed by atoms with Gasteiger partial charge in [-0.05, 0) is 30.5 Å². The number of amides is 1. The Morgan fingerprint density at radius 1 is 1.48 bits per heavy atom. The van der Waals surface area contributed by atoms with E-state index < -0.39 is 11.9 Å². The Kier molecular flexibility index (Phi) is 5.07. The molecule has 1 aromatic rings. The number of aliphatic carboxylic acids is 1. The zero-order valence-electron chi connectivity index (χ0n) is 11.8. The van der Waals surface area contributed by atoms with Crippen LogP contribution < -0.4 is 4.74 Å². The number of nitrogens with zero attached hydrogens (tertiary/aromatic N) is 1. The fourth-order valence-electron chi connectivity index (χ4n) is 2.48. The predicted octanol–water partition coefficient (Wildman–Crippen LogP) is 2.21. The third-order valence-corrected chi connectivity index (χ3v) is 4.08. The molecule has 1 N–H and O–H groups in total. The SMILES string of the molecule is COc1ccc(CC(=O)N2CCCC(C(=O)O)C2)c(Cl)c1. The Morgan fingerprint density at radius 2 is 2.24 bits per heavy atom. The Labute approximate surface area is 128 Å². The molecular formula is C15H18ClNO4. The lowest BCUT2D eigenvalue weighted by atomic mass is 9.97. The van der Waals surface area contributed by atoms with E-state index in [0.29, 0.717) is 23.7 Å². The summed E-state index contributed by atoms with van der Waals surface area (Å²) in [7, 11) is 1.55. The topological polar surface area (TPSA) is 66.8 Å². The minimum absolute atomic E-state index is 0.0898. The second-order valence-corrected chi connectivity index (χ2v) is 5.56. The van der Waals surface area contributed by atoms with Crippen LogP contribution in [0.15, 0.2) is 18.2 Å². The number of benzene rings is 1. The van der Waals surface area contributed by atoms with Crippen molar-refractivity contribution in [1.29, 1.82) is 0 Å². The number of methoxy groups -OCH3 is 1. The van der Waals surface area contributed by atoms with Crippen molar-refractivity contribution in [1.82, 2.24) is 4.90 Å². The number of piperidine rings is 1. The van der Waals surface area contributed by atoms with Crippen molar-refractivity contribution in [2.75, 3.05) is 20.2 Å². The average molecular weight is 312 g/mol. The molecule has 1 amide bonds. The highest BCUT2D eigenvalue weighted by Gasteiger charge is 2.28. The van der Waals surface area contributed by atoms with E-state index in [2.05, 4.69) is 0 Å². The maximum absolute atomic E-state index is 12.3. The Balaban J connectivity index is 2.02. The third-order valence-electron chi connectivity index (χ3n) is 3.73. The fourth-order valence-corrected chi connectivity index (χ4v) is 2.72. The molecule has 0 bridgehead atoms. The van der Waals surface area contributed by atoms with Gasteiger partial charge in [-0.3, -0.25) is 9.59 Å². The van der Waals surface area contributed by atoms with E-state index in [1.165, 1.54) is 0 Å². The third kappa shape index (κ3) is 3.88. The number of carboxylic acid groups (broad SMARTS) is 1. The number of ether oxygens (including phenoxy) is 1. The molecule has 0 aromatic heterocycles. The summed E-state index contributed by atoms with van der Waals surface area (Å²) < 4.78 is 5.07. The smallest absolute Gasteiger partial charge is 0.308 e. The van der Waals surface area contributed by atoms with Crippen molar-refractivity contribution in [2.24, 2.45) is 5.92 Å². The number of hydrogen-bond donors (Lipinski definition) is 1. The molecule has 1 heterocycles. The number of hydrogen-bond acceptors (Lipinski definition) is 3. The monoisotopic (exact) mass is 311 g/mol. The first-order valence-electron chi connectivity index (χ1n) is 6.84. The van der Waals surface area contributed by atoms with Crippen molar-refractivity contribution in [3.63, 3.8) is 0 Å². The van der Waals surface area contributed by atoms with Crippen molar-refractivity contribution in [3.05, 3.63) is 28.8 Å². The lowest BCUT2D eigenvalue weighted by Crippen LogP contribution is -2.43. The molecule has 114 valence electrons. The van der Waals surface area contributed by atoms with Crippen LogP contribution >= 0.6 is 11.6 Å². The second kappa shape index (κ2) is 6.80. The molecule has 1 saturated heterocycles. The normalized spacial score (nSPS) is 18.4. The van der Waals surface area contributed by atoms with E-state index in [-0.39, 0.29) is 18.9 Å². The van der Waals surface area contributed by atoms with E-state index in [0.717, 1.165) is 12.0 Å². The molecule has 1 atom stereocenters. The van der Waals surface area contributed by atoms with Gasteiger partial charge in [0.1, 0.15) is 5.75 Å². The molecule has 21 heavy (non-hydrogen) atoms. The van der Waals surface area contributed by atoms with Crippen molar-refractivity contribution in [2.45, 2.75) is 19.3 Å². The van der Waals surface area contributed by atoms with Gasteiger partial charge in [-0.1, -0.05) is 17.7 Å². The summed E-state index contributed by atoms with van der Waals surface area (Å²) >= 11 is 6.13. The quantitative estimate of drug-likeness (QED) is 0.926. The molecule has 0 spiro atoms. The molecule has 0 aliphatic carbocycles. The van der Waals surface area contributed by atoms with Crippen LogP contribution in [0.3, 0.4) is 0 Å². The lowest BCUT2D eigenvalue weighted by Gasteiger charge is -2.30. The largest absolute Gasteiger partial charge is 0.497 e. The molecule has 0 saturated carbocycles. The van der Waals surface area contributed by atoms with Crippen LogP contribution in [-0.2, 0) is 16.0 Å².